The van der Waals surface area contributed by atoms with Crippen LogP contribution in [0.2, 0.25) is 0 Å². The van der Waals surface area contributed by atoms with Gasteiger partial charge in [-0.2, -0.15) is 0 Å². The van der Waals surface area contributed by atoms with Gasteiger partial charge in [-0.05, 0) is 31.2 Å². The van der Waals surface area contributed by atoms with Crippen LogP contribution in [0.5, 0.6) is 0 Å². The third-order valence-corrected chi connectivity index (χ3v) is 4.37. The molecule has 4 heteroatoms. The number of nitrogens with two attached hydrogens (primary N) is 1. The average molecular weight is 276 g/mol. The van der Waals surface area contributed by atoms with Crippen LogP contribution in [0.15, 0.2) is 30.3 Å². The monoisotopic (exact) mass is 276 g/mol. The maximum atomic E-state index is 11.7. The smallest absolute Gasteiger partial charge is 0.329 e. The molecule has 1 fully saturated rings. The zero-order valence-corrected chi connectivity index (χ0v) is 12.2. The van der Waals surface area contributed by atoms with Gasteiger partial charge in [-0.3, -0.25) is 4.90 Å². The van der Waals surface area contributed by atoms with Gasteiger partial charge in [0.25, 0.3) is 0 Å². The summed E-state index contributed by atoms with van der Waals surface area (Å²) >= 11 is 0. The minimum absolute atomic E-state index is 0.359. The van der Waals surface area contributed by atoms with E-state index in [-0.39, 0.29) is 0 Å². The van der Waals surface area contributed by atoms with E-state index in [0.717, 1.165) is 13.0 Å². The zero-order valence-electron chi connectivity index (χ0n) is 12.2. The maximum Gasteiger partial charge on any atom is 0.329 e. The molecule has 1 heterocycles. The average Bonchev–Trinajstić information content (AvgIpc) is 2.43. The van der Waals surface area contributed by atoms with Crippen molar-refractivity contribution in [3.63, 3.8) is 0 Å². The zero-order chi connectivity index (χ0) is 14.8. The third-order valence-electron chi connectivity index (χ3n) is 4.37. The largest absolute Gasteiger partial charge is 0.480 e. The number of aliphatic carboxylic acids is 1. The van der Waals surface area contributed by atoms with Crippen LogP contribution in [-0.4, -0.2) is 35.1 Å². The first kappa shape index (κ1) is 15.0. The van der Waals surface area contributed by atoms with Crippen LogP contribution >= 0.6 is 0 Å². The molecule has 4 nitrogen and oxygen atoms in total. The van der Waals surface area contributed by atoms with Gasteiger partial charge in [-0.15, -0.1) is 0 Å². The Balaban J connectivity index is 2.23. The molecular weight excluding hydrogens is 252 g/mol. The van der Waals surface area contributed by atoms with Crippen molar-refractivity contribution in [2.75, 3.05) is 13.1 Å². The van der Waals surface area contributed by atoms with Gasteiger partial charge in [0.2, 0.25) is 0 Å². The highest BCUT2D eigenvalue weighted by molar-refractivity contribution is 5.80. The van der Waals surface area contributed by atoms with Crippen LogP contribution in [-0.2, 0) is 10.3 Å². The van der Waals surface area contributed by atoms with Gasteiger partial charge in [0.15, 0.2) is 5.54 Å². The molecule has 110 valence electrons. The topological polar surface area (TPSA) is 66.6 Å². The summed E-state index contributed by atoms with van der Waals surface area (Å²) < 4.78 is 0. The highest BCUT2D eigenvalue weighted by Crippen LogP contribution is 2.26. The van der Waals surface area contributed by atoms with Crippen molar-refractivity contribution in [3.8, 4) is 0 Å². The number of piperidine rings is 1. The maximum absolute atomic E-state index is 11.7. The van der Waals surface area contributed by atoms with E-state index in [2.05, 4.69) is 18.7 Å². The standard InChI is InChI=1S/C16H24N2O2/c1-12-8-9-13(2)18(10-12)11-16(17,15(19)20)14-6-4-3-5-7-14/h3-7,12-13H,8-11,17H2,1-2H3,(H,19,20). The molecule has 1 aromatic rings. The summed E-state index contributed by atoms with van der Waals surface area (Å²) in [7, 11) is 0. The molecule has 0 bridgehead atoms. The van der Waals surface area contributed by atoms with E-state index < -0.39 is 11.5 Å². The van der Waals surface area contributed by atoms with Crippen LogP contribution in [0.4, 0.5) is 0 Å². The third kappa shape index (κ3) is 3.02. The Labute approximate surface area is 120 Å². The summed E-state index contributed by atoms with van der Waals surface area (Å²) in [6, 6.07) is 9.53. The number of benzene rings is 1. The molecule has 1 aliphatic rings. The quantitative estimate of drug-likeness (QED) is 0.883. The van der Waals surface area contributed by atoms with E-state index in [1.807, 2.05) is 18.2 Å². The van der Waals surface area contributed by atoms with Crippen molar-refractivity contribution in [3.05, 3.63) is 35.9 Å². The van der Waals surface area contributed by atoms with Crippen molar-refractivity contribution in [1.82, 2.24) is 4.90 Å². The van der Waals surface area contributed by atoms with Crippen LogP contribution < -0.4 is 5.73 Å². The lowest BCUT2D eigenvalue weighted by Gasteiger charge is -2.41. The normalized spacial score (nSPS) is 26.9. The Morgan fingerprint density at radius 1 is 1.35 bits per heavy atom. The SMILES string of the molecule is CC1CCC(C)N(CC(N)(C(=O)O)c2ccccc2)C1. The first-order valence-corrected chi connectivity index (χ1v) is 7.25. The molecule has 0 spiro atoms. The molecule has 0 aromatic heterocycles. The van der Waals surface area contributed by atoms with Gasteiger partial charge in [0, 0.05) is 19.1 Å². The highest BCUT2D eigenvalue weighted by Gasteiger charge is 2.39. The molecular formula is C16H24N2O2. The molecule has 0 saturated carbocycles. The molecule has 0 amide bonds. The van der Waals surface area contributed by atoms with E-state index in [1.165, 1.54) is 6.42 Å². The second-order valence-electron chi connectivity index (χ2n) is 6.10. The Bertz CT molecular complexity index is 463. The van der Waals surface area contributed by atoms with Crippen LogP contribution in [0, 0.1) is 5.92 Å². The van der Waals surface area contributed by atoms with E-state index >= 15 is 0 Å². The molecule has 20 heavy (non-hydrogen) atoms. The van der Waals surface area contributed by atoms with Gasteiger partial charge >= 0.3 is 5.97 Å². The lowest BCUT2D eigenvalue weighted by molar-refractivity contribution is -0.145. The number of hydrogen-bond donors (Lipinski definition) is 2. The van der Waals surface area contributed by atoms with Crippen LogP contribution in [0.3, 0.4) is 0 Å². The van der Waals surface area contributed by atoms with E-state index in [0.29, 0.717) is 24.1 Å². The minimum atomic E-state index is -1.34. The number of rotatable bonds is 4. The van der Waals surface area contributed by atoms with Crippen LogP contribution in [0.1, 0.15) is 32.3 Å². The summed E-state index contributed by atoms with van der Waals surface area (Å²) in [4.78, 5) is 13.9. The lowest BCUT2D eigenvalue weighted by atomic mass is 9.87. The molecule has 3 N–H and O–H groups in total. The Morgan fingerprint density at radius 2 is 2.00 bits per heavy atom. The molecule has 0 aliphatic carbocycles. The first-order valence-electron chi connectivity index (χ1n) is 7.25. The van der Waals surface area contributed by atoms with Crippen molar-refractivity contribution in [2.45, 2.75) is 38.3 Å². The minimum Gasteiger partial charge on any atom is -0.480 e. The number of hydrogen-bond acceptors (Lipinski definition) is 3. The Morgan fingerprint density at radius 3 is 2.60 bits per heavy atom. The number of carboxylic acids is 1. The van der Waals surface area contributed by atoms with Crippen molar-refractivity contribution >= 4 is 5.97 Å². The number of carboxylic acid groups (broad SMARTS) is 1. The molecule has 3 unspecified atom stereocenters. The Kier molecular flexibility index (Phi) is 4.45. The molecule has 3 atom stereocenters. The summed E-state index contributed by atoms with van der Waals surface area (Å²) in [5, 5.41) is 9.62. The number of nitrogens with zero attached hydrogens (tertiary/aromatic N) is 1. The second kappa shape index (κ2) is 5.94. The number of likely N-dealkylation sites (tertiary alicyclic amines) is 1. The summed E-state index contributed by atoms with van der Waals surface area (Å²) in [5.74, 6) is -0.367. The fourth-order valence-electron chi connectivity index (χ4n) is 2.94. The van der Waals surface area contributed by atoms with E-state index in [9.17, 15) is 9.90 Å². The van der Waals surface area contributed by atoms with Crippen molar-refractivity contribution in [1.29, 1.82) is 0 Å². The van der Waals surface area contributed by atoms with Crippen molar-refractivity contribution in [2.24, 2.45) is 11.7 Å². The van der Waals surface area contributed by atoms with E-state index in [1.54, 1.807) is 12.1 Å². The van der Waals surface area contributed by atoms with Gasteiger partial charge in [0.05, 0.1) is 0 Å². The van der Waals surface area contributed by atoms with E-state index in [4.69, 9.17) is 5.73 Å². The van der Waals surface area contributed by atoms with Gasteiger partial charge < -0.3 is 10.8 Å². The van der Waals surface area contributed by atoms with Gasteiger partial charge in [-0.25, -0.2) is 4.79 Å². The molecule has 0 radical (unpaired) electrons. The van der Waals surface area contributed by atoms with Crippen LogP contribution in [0.25, 0.3) is 0 Å². The summed E-state index contributed by atoms with van der Waals surface area (Å²) in [5.41, 5.74) is 5.58. The molecule has 2 rings (SSSR count). The fraction of sp³-hybridized carbons (Fsp3) is 0.562. The predicted octanol–water partition coefficient (Wildman–Crippen LogP) is 2.05. The Hall–Kier alpha value is -1.39. The molecule has 1 saturated heterocycles. The molecule has 1 aromatic carbocycles. The summed E-state index contributed by atoms with van der Waals surface area (Å²) in [6.45, 7) is 5.64. The highest BCUT2D eigenvalue weighted by atomic mass is 16.4. The molecule has 1 aliphatic heterocycles. The summed E-state index contributed by atoms with van der Waals surface area (Å²) in [6.07, 6.45) is 2.30. The second-order valence-corrected chi connectivity index (χ2v) is 6.10. The fourth-order valence-corrected chi connectivity index (χ4v) is 2.94. The number of carbonyl (C=O) groups is 1. The van der Waals surface area contributed by atoms with Gasteiger partial charge in [-0.1, -0.05) is 37.3 Å². The van der Waals surface area contributed by atoms with Gasteiger partial charge in [0.1, 0.15) is 0 Å². The van der Waals surface area contributed by atoms with Crippen molar-refractivity contribution < 1.29 is 9.90 Å². The predicted molar refractivity (Wildman–Crippen MR) is 79.4 cm³/mol. The lowest BCUT2D eigenvalue weighted by Crippen LogP contribution is -2.56. The first-order chi connectivity index (χ1) is 9.43.